The van der Waals surface area contributed by atoms with Crippen molar-refractivity contribution in [2.75, 3.05) is 0 Å². The lowest BCUT2D eigenvalue weighted by molar-refractivity contribution is -0.122. The first kappa shape index (κ1) is 19.8. The summed E-state index contributed by atoms with van der Waals surface area (Å²) in [7, 11) is 0. The maximum Gasteiger partial charge on any atom is 0.143 e. The second kappa shape index (κ2) is 9.31. The van der Waals surface area contributed by atoms with Crippen molar-refractivity contribution in [3.8, 4) is 11.1 Å². The first-order valence-corrected chi connectivity index (χ1v) is 9.36. The number of halogens is 2. The lowest BCUT2D eigenvalue weighted by atomic mass is 9.95. The van der Waals surface area contributed by atoms with Crippen molar-refractivity contribution < 1.29 is 13.6 Å². The van der Waals surface area contributed by atoms with Crippen LogP contribution in [0.15, 0.2) is 60.9 Å². The van der Waals surface area contributed by atoms with E-state index in [2.05, 4.69) is 9.97 Å². The molecule has 1 atom stereocenters. The summed E-state index contributed by atoms with van der Waals surface area (Å²) in [6, 6.07) is 13.0. The zero-order chi connectivity index (χ0) is 19.9. The predicted octanol–water partition coefficient (Wildman–Crippen LogP) is 5.19. The summed E-state index contributed by atoms with van der Waals surface area (Å²) in [5.74, 6) is -0.192. The molecule has 144 valence electrons. The van der Waals surface area contributed by atoms with E-state index in [0.717, 1.165) is 24.8 Å². The van der Waals surface area contributed by atoms with Gasteiger partial charge in [-0.05, 0) is 43.0 Å². The van der Waals surface area contributed by atoms with E-state index in [0.29, 0.717) is 17.0 Å². The van der Waals surface area contributed by atoms with E-state index in [4.69, 9.17) is 0 Å². The van der Waals surface area contributed by atoms with Gasteiger partial charge in [-0.25, -0.2) is 18.7 Å². The largest absolute Gasteiger partial charge is 0.299 e. The zero-order valence-corrected chi connectivity index (χ0v) is 15.7. The number of rotatable bonds is 8. The van der Waals surface area contributed by atoms with Gasteiger partial charge >= 0.3 is 0 Å². The van der Waals surface area contributed by atoms with Crippen LogP contribution in [-0.2, 0) is 17.6 Å². The number of hydrogen-bond donors (Lipinski definition) is 0. The molecule has 3 rings (SSSR count). The fourth-order valence-electron chi connectivity index (χ4n) is 3.08. The van der Waals surface area contributed by atoms with Gasteiger partial charge in [0.15, 0.2) is 0 Å². The monoisotopic (exact) mass is 380 g/mol. The first-order valence-electron chi connectivity index (χ1n) is 9.36. The van der Waals surface area contributed by atoms with Gasteiger partial charge in [0.25, 0.3) is 0 Å². The Balaban J connectivity index is 1.51. The highest BCUT2D eigenvalue weighted by molar-refractivity contribution is 5.82. The Morgan fingerprint density at radius 1 is 1.04 bits per heavy atom. The van der Waals surface area contributed by atoms with Gasteiger partial charge in [0, 0.05) is 29.4 Å². The van der Waals surface area contributed by atoms with Crippen LogP contribution >= 0.6 is 0 Å². The van der Waals surface area contributed by atoms with E-state index < -0.39 is 0 Å². The molecule has 0 saturated carbocycles. The third kappa shape index (κ3) is 5.28. The normalized spacial score (nSPS) is 12.0. The number of carbonyl (C=O) groups excluding carboxylic acids is 1. The van der Waals surface area contributed by atoms with Crippen LogP contribution in [-0.4, -0.2) is 15.8 Å². The van der Waals surface area contributed by atoms with Crippen LogP contribution in [0.5, 0.6) is 0 Å². The lowest BCUT2D eigenvalue weighted by Crippen LogP contribution is -2.15. The second-order valence-corrected chi connectivity index (χ2v) is 6.93. The van der Waals surface area contributed by atoms with E-state index in [1.165, 1.54) is 18.2 Å². The standard InChI is InChI=1S/C23H22F2N2O/c1-16(6-4-7-17-8-5-9-19(24)12-17)22(28)13-23-26-14-18(15-27-23)20-10-2-3-11-21(20)25/h2-3,5,8-12,14-16H,4,6-7,13H2,1H3. The van der Waals surface area contributed by atoms with E-state index in [-0.39, 0.29) is 29.8 Å². The summed E-state index contributed by atoms with van der Waals surface area (Å²) in [5.41, 5.74) is 1.95. The number of nitrogens with zero attached hydrogens (tertiary/aromatic N) is 2. The molecule has 28 heavy (non-hydrogen) atoms. The molecule has 0 aliphatic heterocycles. The van der Waals surface area contributed by atoms with Crippen LogP contribution in [0.1, 0.15) is 31.2 Å². The predicted molar refractivity (Wildman–Crippen MR) is 105 cm³/mol. The van der Waals surface area contributed by atoms with Crippen molar-refractivity contribution in [1.29, 1.82) is 0 Å². The van der Waals surface area contributed by atoms with Gasteiger partial charge < -0.3 is 0 Å². The number of ketones is 1. The van der Waals surface area contributed by atoms with Crippen molar-refractivity contribution in [1.82, 2.24) is 9.97 Å². The quantitative estimate of drug-likeness (QED) is 0.540. The molecule has 0 aliphatic rings. The molecule has 0 aliphatic carbocycles. The first-order chi connectivity index (χ1) is 13.5. The van der Waals surface area contributed by atoms with E-state index >= 15 is 0 Å². The summed E-state index contributed by atoms with van der Waals surface area (Å²) in [6.07, 6.45) is 5.51. The van der Waals surface area contributed by atoms with Crippen LogP contribution < -0.4 is 0 Å². The third-order valence-electron chi connectivity index (χ3n) is 4.76. The minimum absolute atomic E-state index is 0.0675. The fraction of sp³-hybridized carbons (Fsp3) is 0.261. The molecule has 0 radical (unpaired) electrons. The SMILES string of the molecule is CC(CCCc1cccc(F)c1)C(=O)Cc1ncc(-c2ccccc2F)cn1. The molecular weight excluding hydrogens is 358 g/mol. The van der Waals surface area contributed by atoms with Gasteiger partial charge in [0.2, 0.25) is 0 Å². The van der Waals surface area contributed by atoms with Crippen LogP contribution in [0, 0.1) is 17.6 Å². The van der Waals surface area contributed by atoms with Crippen molar-refractivity contribution in [3.63, 3.8) is 0 Å². The number of aryl methyl sites for hydroxylation is 1. The minimum atomic E-state index is -0.332. The van der Waals surface area contributed by atoms with Gasteiger partial charge in [-0.15, -0.1) is 0 Å². The van der Waals surface area contributed by atoms with Crippen molar-refractivity contribution in [2.24, 2.45) is 5.92 Å². The Morgan fingerprint density at radius 2 is 1.79 bits per heavy atom. The summed E-state index contributed by atoms with van der Waals surface area (Å²) in [5, 5.41) is 0. The van der Waals surface area contributed by atoms with Gasteiger partial charge in [0.05, 0.1) is 6.42 Å². The fourth-order valence-corrected chi connectivity index (χ4v) is 3.08. The van der Waals surface area contributed by atoms with Gasteiger partial charge in [0.1, 0.15) is 23.2 Å². The highest BCUT2D eigenvalue weighted by Crippen LogP contribution is 2.21. The Labute approximate surface area is 163 Å². The van der Waals surface area contributed by atoms with E-state index in [1.807, 2.05) is 13.0 Å². The number of aromatic nitrogens is 2. The average molecular weight is 380 g/mol. The summed E-state index contributed by atoms with van der Waals surface area (Å²) >= 11 is 0. The van der Waals surface area contributed by atoms with Gasteiger partial charge in [-0.3, -0.25) is 4.79 Å². The topological polar surface area (TPSA) is 42.9 Å². The van der Waals surface area contributed by atoms with E-state index in [9.17, 15) is 13.6 Å². The lowest BCUT2D eigenvalue weighted by Gasteiger charge is -2.10. The summed E-state index contributed by atoms with van der Waals surface area (Å²) in [4.78, 5) is 20.8. The molecule has 1 aromatic heterocycles. The molecule has 0 N–H and O–H groups in total. The Hall–Kier alpha value is -2.95. The molecule has 3 nitrogen and oxygen atoms in total. The molecule has 0 spiro atoms. The Kier molecular flexibility index (Phi) is 6.58. The van der Waals surface area contributed by atoms with Crippen LogP contribution in [0.4, 0.5) is 8.78 Å². The maximum absolute atomic E-state index is 13.8. The zero-order valence-electron chi connectivity index (χ0n) is 15.7. The third-order valence-corrected chi connectivity index (χ3v) is 4.76. The van der Waals surface area contributed by atoms with E-state index in [1.54, 1.807) is 36.7 Å². The molecule has 0 fully saturated rings. The van der Waals surface area contributed by atoms with Crippen molar-refractivity contribution >= 4 is 5.78 Å². The summed E-state index contributed by atoms with van der Waals surface area (Å²) < 4.78 is 27.0. The minimum Gasteiger partial charge on any atom is -0.299 e. The molecule has 5 heteroatoms. The number of Topliss-reactive ketones (excluding diaryl/α,β-unsaturated/α-hetero) is 1. The Bertz CT molecular complexity index is 941. The summed E-state index contributed by atoms with van der Waals surface area (Å²) in [6.45, 7) is 1.89. The highest BCUT2D eigenvalue weighted by atomic mass is 19.1. The smallest absolute Gasteiger partial charge is 0.143 e. The van der Waals surface area contributed by atoms with Gasteiger partial charge in [-0.1, -0.05) is 37.3 Å². The molecule has 0 amide bonds. The highest BCUT2D eigenvalue weighted by Gasteiger charge is 2.15. The second-order valence-electron chi connectivity index (χ2n) is 6.93. The van der Waals surface area contributed by atoms with Crippen LogP contribution in [0.25, 0.3) is 11.1 Å². The molecule has 3 aromatic rings. The average Bonchev–Trinajstić information content (AvgIpc) is 2.69. The maximum atomic E-state index is 13.8. The number of hydrogen-bond acceptors (Lipinski definition) is 3. The van der Waals surface area contributed by atoms with Crippen LogP contribution in [0.2, 0.25) is 0 Å². The van der Waals surface area contributed by atoms with Crippen molar-refractivity contribution in [3.05, 3.63) is 83.9 Å². The van der Waals surface area contributed by atoms with Crippen LogP contribution in [0.3, 0.4) is 0 Å². The van der Waals surface area contributed by atoms with Gasteiger partial charge in [-0.2, -0.15) is 0 Å². The molecule has 2 aromatic carbocycles. The molecular formula is C23H22F2N2O. The number of benzene rings is 2. The molecule has 1 unspecified atom stereocenters. The molecule has 0 bridgehead atoms. The Morgan fingerprint density at radius 3 is 2.50 bits per heavy atom. The molecule has 1 heterocycles. The van der Waals surface area contributed by atoms with Crippen molar-refractivity contribution in [2.45, 2.75) is 32.6 Å². The number of carbonyl (C=O) groups is 1. The molecule has 0 saturated heterocycles.